The molecule has 0 radical (unpaired) electrons. The van der Waals surface area contributed by atoms with Crippen molar-refractivity contribution in [2.75, 3.05) is 0 Å². The molecule has 1 N–H and O–H groups in total. The maximum Gasteiger partial charge on any atom is 0.310 e. The van der Waals surface area contributed by atoms with E-state index < -0.39 is 17.3 Å². The molecule has 5 heteroatoms. The molecule has 21 heavy (non-hydrogen) atoms. The van der Waals surface area contributed by atoms with E-state index in [9.17, 15) is 9.90 Å². The zero-order chi connectivity index (χ0) is 15.8. The molecule has 0 saturated heterocycles. The van der Waals surface area contributed by atoms with Crippen molar-refractivity contribution in [3.63, 3.8) is 0 Å². The Bertz CT molecular complexity index is 661. The molecule has 0 spiro atoms. The highest BCUT2D eigenvalue weighted by molar-refractivity contribution is 6.29. The normalized spacial score (nSPS) is 17.8. The van der Waals surface area contributed by atoms with Crippen LogP contribution in [0.4, 0.5) is 0 Å². The van der Waals surface area contributed by atoms with Crippen LogP contribution in [0.25, 0.3) is 0 Å². The van der Waals surface area contributed by atoms with E-state index in [1.54, 1.807) is 32.1 Å². The number of ether oxygens (including phenoxy) is 1. The summed E-state index contributed by atoms with van der Waals surface area (Å²) >= 11 is 5.89. The van der Waals surface area contributed by atoms with Crippen molar-refractivity contribution in [1.82, 2.24) is 4.98 Å². The number of allylic oxidation sites excluding steroid dienone is 3. The minimum atomic E-state index is -1.06. The van der Waals surface area contributed by atoms with Crippen LogP contribution in [-0.4, -0.2) is 16.1 Å². The Labute approximate surface area is 128 Å². The number of pyridine rings is 1. The lowest BCUT2D eigenvalue weighted by Gasteiger charge is -2.36. The van der Waals surface area contributed by atoms with Gasteiger partial charge in [-0.3, -0.25) is 4.79 Å². The van der Waals surface area contributed by atoms with Crippen LogP contribution in [0.15, 0.2) is 48.8 Å². The van der Waals surface area contributed by atoms with Gasteiger partial charge < -0.3 is 9.84 Å². The lowest BCUT2D eigenvalue weighted by Crippen LogP contribution is -2.34. The first-order valence-corrected chi connectivity index (χ1v) is 6.77. The van der Waals surface area contributed by atoms with Gasteiger partial charge in [0.1, 0.15) is 10.9 Å². The van der Waals surface area contributed by atoms with Gasteiger partial charge in [-0.05, 0) is 32.1 Å². The maximum absolute atomic E-state index is 11.7. The number of rotatable bonds is 4. The average molecular weight is 306 g/mol. The predicted molar refractivity (Wildman–Crippen MR) is 81.5 cm³/mol. The van der Waals surface area contributed by atoms with E-state index in [4.69, 9.17) is 16.3 Å². The minimum Gasteiger partial charge on any atom is -0.481 e. The molecule has 1 aromatic rings. The third-order valence-corrected chi connectivity index (χ3v) is 3.86. The van der Waals surface area contributed by atoms with E-state index in [0.29, 0.717) is 22.8 Å². The summed E-state index contributed by atoms with van der Waals surface area (Å²) in [5.74, 6) is -0.610. The third kappa shape index (κ3) is 2.47. The summed E-state index contributed by atoms with van der Waals surface area (Å²) in [6.07, 6.45) is 3.12. The van der Waals surface area contributed by atoms with Gasteiger partial charge in [0.25, 0.3) is 0 Å². The third-order valence-electron chi connectivity index (χ3n) is 3.65. The molecule has 0 amide bonds. The molecule has 1 aromatic heterocycles. The van der Waals surface area contributed by atoms with Crippen LogP contribution in [0.2, 0.25) is 5.15 Å². The highest BCUT2D eigenvalue weighted by atomic mass is 35.5. The second-order valence-corrected chi connectivity index (χ2v) is 5.71. The number of carbonyl (C=O) groups is 1. The van der Waals surface area contributed by atoms with Crippen LogP contribution in [0.5, 0.6) is 5.88 Å². The van der Waals surface area contributed by atoms with Gasteiger partial charge in [0.15, 0.2) is 0 Å². The van der Waals surface area contributed by atoms with Crippen LogP contribution in [0.3, 0.4) is 0 Å². The fourth-order valence-corrected chi connectivity index (χ4v) is 2.62. The molecule has 0 bridgehead atoms. The van der Waals surface area contributed by atoms with Crippen LogP contribution >= 0.6 is 11.6 Å². The number of hydrogen-bond donors (Lipinski definition) is 1. The quantitative estimate of drug-likeness (QED) is 0.856. The summed E-state index contributed by atoms with van der Waals surface area (Å²) in [5.41, 5.74) is 0.285. The molecule has 1 aliphatic heterocycles. The number of aromatic nitrogens is 1. The zero-order valence-corrected chi connectivity index (χ0v) is 12.6. The Kier molecular flexibility index (Phi) is 3.92. The fraction of sp³-hybridized carbons (Fsp3) is 0.250. The van der Waals surface area contributed by atoms with Crippen molar-refractivity contribution in [2.24, 2.45) is 5.41 Å². The second kappa shape index (κ2) is 5.37. The van der Waals surface area contributed by atoms with E-state index in [0.717, 1.165) is 0 Å². The van der Waals surface area contributed by atoms with Gasteiger partial charge in [0.05, 0.1) is 5.41 Å². The Balaban J connectivity index is 2.74. The second-order valence-electron chi connectivity index (χ2n) is 5.32. The standard InChI is InChI=1S/C16H16ClNO3/c1-5-9-11(6-2)21-14-10(7-8-12(17)18-14)13(9)16(3,4)15(19)20/h5-8,13H,1-2H2,3-4H3,(H,19,20). The molecule has 2 heterocycles. The summed E-state index contributed by atoms with van der Waals surface area (Å²) in [6.45, 7) is 10.8. The van der Waals surface area contributed by atoms with E-state index in [1.165, 1.54) is 6.08 Å². The van der Waals surface area contributed by atoms with E-state index in [-0.39, 0.29) is 5.15 Å². The molecule has 0 aromatic carbocycles. The number of aliphatic carboxylic acids is 1. The van der Waals surface area contributed by atoms with Crippen LogP contribution in [0, 0.1) is 5.41 Å². The van der Waals surface area contributed by atoms with Gasteiger partial charge in [-0.2, -0.15) is 0 Å². The molecule has 110 valence electrons. The molecule has 4 nitrogen and oxygen atoms in total. The summed E-state index contributed by atoms with van der Waals surface area (Å²) in [5, 5.41) is 9.86. The van der Waals surface area contributed by atoms with Gasteiger partial charge in [-0.1, -0.05) is 30.8 Å². The fourth-order valence-electron chi connectivity index (χ4n) is 2.48. The van der Waals surface area contributed by atoms with Crippen molar-refractivity contribution in [3.8, 4) is 5.88 Å². The summed E-state index contributed by atoms with van der Waals surface area (Å²) in [4.78, 5) is 15.8. The van der Waals surface area contributed by atoms with Gasteiger partial charge in [-0.15, -0.1) is 0 Å². The number of halogens is 1. The highest BCUT2D eigenvalue weighted by Gasteiger charge is 2.44. The molecule has 0 saturated carbocycles. The molecule has 0 fully saturated rings. The maximum atomic E-state index is 11.7. The first-order valence-electron chi connectivity index (χ1n) is 6.39. The van der Waals surface area contributed by atoms with Gasteiger partial charge in [0, 0.05) is 17.1 Å². The number of fused-ring (bicyclic) bond motifs is 1. The molecular formula is C16H16ClNO3. The highest BCUT2D eigenvalue weighted by Crippen LogP contribution is 2.49. The van der Waals surface area contributed by atoms with Gasteiger partial charge in [0.2, 0.25) is 5.88 Å². The van der Waals surface area contributed by atoms with Crippen LogP contribution < -0.4 is 4.74 Å². The van der Waals surface area contributed by atoms with Crippen molar-refractivity contribution in [1.29, 1.82) is 0 Å². The average Bonchev–Trinajstić information content (AvgIpc) is 2.44. The van der Waals surface area contributed by atoms with Gasteiger partial charge in [-0.25, -0.2) is 4.98 Å². The topological polar surface area (TPSA) is 59.4 Å². The molecule has 1 unspecified atom stereocenters. The number of carboxylic acids is 1. The largest absolute Gasteiger partial charge is 0.481 e. The molecule has 1 atom stereocenters. The van der Waals surface area contributed by atoms with Crippen molar-refractivity contribution < 1.29 is 14.6 Å². The number of hydrogen-bond acceptors (Lipinski definition) is 3. The van der Waals surface area contributed by atoms with Crippen molar-refractivity contribution >= 4 is 17.6 Å². The molecular weight excluding hydrogens is 290 g/mol. The van der Waals surface area contributed by atoms with Gasteiger partial charge >= 0.3 is 5.97 Å². The smallest absolute Gasteiger partial charge is 0.310 e. The summed E-state index contributed by atoms with van der Waals surface area (Å²) < 4.78 is 5.67. The van der Waals surface area contributed by atoms with Crippen molar-refractivity contribution in [3.05, 3.63) is 59.5 Å². The van der Waals surface area contributed by atoms with Crippen LogP contribution in [0.1, 0.15) is 25.3 Å². The summed E-state index contributed by atoms with van der Waals surface area (Å²) in [6, 6.07) is 3.36. The monoisotopic (exact) mass is 305 g/mol. The van der Waals surface area contributed by atoms with Crippen molar-refractivity contribution in [2.45, 2.75) is 19.8 Å². The van der Waals surface area contributed by atoms with Crippen LogP contribution in [-0.2, 0) is 4.79 Å². The molecule has 1 aliphatic rings. The Morgan fingerprint density at radius 2 is 2.10 bits per heavy atom. The van der Waals surface area contributed by atoms with E-state index in [2.05, 4.69) is 18.1 Å². The zero-order valence-electron chi connectivity index (χ0n) is 11.9. The number of carboxylic acid groups (broad SMARTS) is 1. The predicted octanol–water partition coefficient (Wildman–Crippen LogP) is 3.95. The van der Waals surface area contributed by atoms with E-state index in [1.807, 2.05) is 0 Å². The first-order chi connectivity index (χ1) is 9.82. The molecule has 2 rings (SSSR count). The lowest BCUT2D eigenvalue weighted by molar-refractivity contribution is -0.147. The minimum absolute atomic E-state index is 0.283. The Morgan fingerprint density at radius 1 is 1.43 bits per heavy atom. The molecule has 0 aliphatic carbocycles. The Morgan fingerprint density at radius 3 is 2.62 bits per heavy atom. The SMILES string of the molecule is C=CC1=C(C=C)C(C(C)(C)C(=O)O)c2ccc(Cl)nc2O1. The lowest BCUT2D eigenvalue weighted by atomic mass is 9.70. The summed E-state index contributed by atoms with van der Waals surface area (Å²) in [7, 11) is 0. The Hall–Kier alpha value is -2.07. The first kappa shape index (κ1) is 15.3. The number of nitrogens with zero attached hydrogens (tertiary/aromatic N) is 1. The van der Waals surface area contributed by atoms with E-state index >= 15 is 0 Å².